The number of amides is 1. The van der Waals surface area contributed by atoms with Crippen LogP contribution in [0.3, 0.4) is 0 Å². The van der Waals surface area contributed by atoms with Crippen molar-refractivity contribution < 1.29 is 23.0 Å². The number of hydrogen-bond acceptors (Lipinski definition) is 4. The van der Waals surface area contributed by atoms with E-state index in [4.69, 9.17) is 9.47 Å². The van der Waals surface area contributed by atoms with Crippen molar-refractivity contribution >= 4 is 5.91 Å². The summed E-state index contributed by atoms with van der Waals surface area (Å²) in [5, 5.41) is 6.27. The van der Waals surface area contributed by atoms with E-state index in [-0.39, 0.29) is 17.9 Å². The lowest BCUT2D eigenvalue weighted by Gasteiger charge is -2.33. The average molecular weight is 388 g/mol. The van der Waals surface area contributed by atoms with Gasteiger partial charge in [-0.1, -0.05) is 6.07 Å². The molecule has 1 saturated heterocycles. The third kappa shape index (κ3) is 3.94. The summed E-state index contributed by atoms with van der Waals surface area (Å²) in [5.41, 5.74) is 1.16. The van der Waals surface area contributed by atoms with Gasteiger partial charge in [0.1, 0.15) is 0 Å². The van der Waals surface area contributed by atoms with E-state index in [0.717, 1.165) is 25.5 Å². The van der Waals surface area contributed by atoms with Crippen LogP contribution in [0.25, 0.3) is 0 Å². The Morgan fingerprint density at radius 3 is 2.68 bits per heavy atom. The van der Waals surface area contributed by atoms with E-state index in [9.17, 15) is 13.6 Å². The van der Waals surface area contributed by atoms with Crippen LogP contribution in [0.2, 0.25) is 0 Å². The number of piperidine rings is 1. The van der Waals surface area contributed by atoms with Crippen LogP contribution in [-0.2, 0) is 0 Å². The van der Waals surface area contributed by atoms with Crippen LogP contribution < -0.4 is 20.1 Å². The zero-order valence-corrected chi connectivity index (χ0v) is 15.3. The van der Waals surface area contributed by atoms with Gasteiger partial charge in [0.2, 0.25) is 0 Å². The molecule has 0 aliphatic carbocycles. The maximum atomic E-state index is 13.7. The normalized spacial score (nSPS) is 21.6. The highest BCUT2D eigenvalue weighted by molar-refractivity contribution is 5.95. The molecule has 0 spiro atoms. The summed E-state index contributed by atoms with van der Waals surface area (Å²) in [6.45, 7) is 2.44. The quantitative estimate of drug-likeness (QED) is 0.849. The lowest BCUT2D eigenvalue weighted by molar-refractivity contribution is 0.0924. The van der Waals surface area contributed by atoms with Gasteiger partial charge < -0.3 is 20.1 Å². The van der Waals surface area contributed by atoms with Gasteiger partial charge >= 0.3 is 0 Å². The van der Waals surface area contributed by atoms with E-state index >= 15 is 0 Å². The van der Waals surface area contributed by atoms with Gasteiger partial charge in [0, 0.05) is 30.5 Å². The maximum absolute atomic E-state index is 13.7. The monoisotopic (exact) mass is 388 g/mol. The van der Waals surface area contributed by atoms with Crippen LogP contribution in [0.5, 0.6) is 11.5 Å². The van der Waals surface area contributed by atoms with Gasteiger partial charge in [-0.2, -0.15) is 0 Å². The molecule has 1 fully saturated rings. The molecular weight excluding hydrogens is 366 g/mol. The van der Waals surface area contributed by atoms with E-state index in [1.165, 1.54) is 6.07 Å². The van der Waals surface area contributed by atoms with E-state index in [2.05, 4.69) is 10.6 Å². The highest BCUT2D eigenvalue weighted by Gasteiger charge is 2.29. The van der Waals surface area contributed by atoms with Crippen LogP contribution in [-0.4, -0.2) is 38.3 Å². The Labute approximate surface area is 162 Å². The predicted molar refractivity (Wildman–Crippen MR) is 99.9 cm³/mol. The molecule has 2 aromatic carbocycles. The molecule has 148 valence electrons. The zero-order valence-electron chi connectivity index (χ0n) is 15.3. The van der Waals surface area contributed by atoms with Crippen molar-refractivity contribution in [1.29, 1.82) is 0 Å². The molecule has 2 unspecified atom stereocenters. The van der Waals surface area contributed by atoms with Gasteiger partial charge in [-0.3, -0.25) is 4.79 Å². The van der Waals surface area contributed by atoms with Crippen LogP contribution in [0, 0.1) is 11.6 Å². The second kappa shape index (κ2) is 8.14. The van der Waals surface area contributed by atoms with E-state index < -0.39 is 11.6 Å². The number of carbonyl (C=O) groups is 1. The standard InChI is InChI=1S/C21H22F2N2O3/c22-16-4-2-13(10-17(16)23)15-6-7-24-12-18(15)25-21(26)14-3-5-19-20(11-14)28-9-1-8-27-19/h2-5,10-11,15,18,24H,1,6-9,12H2,(H,25,26). The Kier molecular flexibility index (Phi) is 5.43. The number of halogens is 2. The molecule has 0 aromatic heterocycles. The lowest BCUT2D eigenvalue weighted by Crippen LogP contribution is -2.50. The van der Waals surface area contributed by atoms with Gasteiger partial charge in [-0.25, -0.2) is 8.78 Å². The molecular formula is C21H22F2N2O3. The van der Waals surface area contributed by atoms with Crippen LogP contribution >= 0.6 is 0 Å². The Morgan fingerprint density at radius 2 is 1.86 bits per heavy atom. The van der Waals surface area contributed by atoms with Crippen LogP contribution in [0.1, 0.15) is 34.7 Å². The van der Waals surface area contributed by atoms with Crippen molar-refractivity contribution in [2.24, 2.45) is 0 Å². The minimum Gasteiger partial charge on any atom is -0.490 e. The van der Waals surface area contributed by atoms with Crippen LogP contribution in [0.4, 0.5) is 8.78 Å². The van der Waals surface area contributed by atoms with Gasteiger partial charge in [0.05, 0.1) is 13.2 Å². The van der Waals surface area contributed by atoms with Crippen molar-refractivity contribution in [3.63, 3.8) is 0 Å². The van der Waals surface area contributed by atoms with Gasteiger partial charge in [-0.15, -0.1) is 0 Å². The fourth-order valence-corrected chi connectivity index (χ4v) is 3.71. The number of rotatable bonds is 3. The molecule has 2 heterocycles. The first-order valence-corrected chi connectivity index (χ1v) is 9.48. The largest absolute Gasteiger partial charge is 0.490 e. The van der Waals surface area contributed by atoms with Gasteiger partial charge in [-0.05, 0) is 48.9 Å². The Morgan fingerprint density at radius 1 is 1.04 bits per heavy atom. The minimum absolute atomic E-state index is 0.0966. The summed E-state index contributed by atoms with van der Waals surface area (Å²) >= 11 is 0. The average Bonchev–Trinajstić information content (AvgIpc) is 2.95. The summed E-state index contributed by atoms with van der Waals surface area (Å²) in [6, 6.07) is 8.82. The summed E-state index contributed by atoms with van der Waals surface area (Å²) in [4.78, 5) is 12.8. The number of benzene rings is 2. The highest BCUT2D eigenvalue weighted by Crippen LogP contribution is 2.31. The molecule has 2 atom stereocenters. The molecule has 1 amide bonds. The molecule has 0 radical (unpaired) electrons. The first kappa shape index (κ1) is 18.7. The van der Waals surface area contributed by atoms with Crippen LogP contribution in [0.15, 0.2) is 36.4 Å². The van der Waals surface area contributed by atoms with Gasteiger partial charge in [0.15, 0.2) is 23.1 Å². The number of fused-ring (bicyclic) bond motifs is 1. The molecule has 2 aromatic rings. The summed E-state index contributed by atoms with van der Waals surface area (Å²) < 4.78 is 38.2. The topological polar surface area (TPSA) is 59.6 Å². The fraction of sp³-hybridized carbons (Fsp3) is 0.381. The van der Waals surface area contributed by atoms with Crippen molar-refractivity contribution in [3.05, 3.63) is 59.2 Å². The molecule has 28 heavy (non-hydrogen) atoms. The fourth-order valence-electron chi connectivity index (χ4n) is 3.71. The van der Waals surface area contributed by atoms with Gasteiger partial charge in [0.25, 0.3) is 5.91 Å². The second-order valence-electron chi connectivity index (χ2n) is 7.06. The van der Waals surface area contributed by atoms with Crippen molar-refractivity contribution in [2.45, 2.75) is 24.8 Å². The smallest absolute Gasteiger partial charge is 0.251 e. The second-order valence-corrected chi connectivity index (χ2v) is 7.06. The molecule has 7 heteroatoms. The third-order valence-corrected chi connectivity index (χ3v) is 5.18. The molecule has 5 nitrogen and oxygen atoms in total. The third-order valence-electron chi connectivity index (χ3n) is 5.18. The first-order valence-electron chi connectivity index (χ1n) is 9.48. The molecule has 0 saturated carbocycles. The van der Waals surface area contributed by atoms with E-state index in [1.807, 2.05) is 0 Å². The van der Waals surface area contributed by atoms with E-state index in [1.54, 1.807) is 24.3 Å². The van der Waals surface area contributed by atoms with Crippen molar-refractivity contribution in [1.82, 2.24) is 10.6 Å². The van der Waals surface area contributed by atoms with E-state index in [0.29, 0.717) is 42.4 Å². The lowest BCUT2D eigenvalue weighted by atomic mass is 9.85. The Bertz CT molecular complexity index is 875. The Balaban J connectivity index is 1.52. The summed E-state index contributed by atoms with van der Waals surface area (Å²) in [6.07, 6.45) is 1.51. The first-order chi connectivity index (χ1) is 13.6. The highest BCUT2D eigenvalue weighted by atomic mass is 19.2. The predicted octanol–water partition coefficient (Wildman–Crippen LogP) is 3.00. The number of hydrogen-bond donors (Lipinski definition) is 2. The molecule has 2 aliphatic heterocycles. The number of nitrogens with one attached hydrogen (secondary N) is 2. The Hall–Kier alpha value is -2.67. The maximum Gasteiger partial charge on any atom is 0.251 e. The number of ether oxygens (including phenoxy) is 2. The summed E-state index contributed by atoms with van der Waals surface area (Å²) in [7, 11) is 0. The molecule has 0 bridgehead atoms. The summed E-state index contributed by atoms with van der Waals surface area (Å²) in [5.74, 6) is -0.885. The van der Waals surface area contributed by atoms with Crippen molar-refractivity contribution in [3.8, 4) is 11.5 Å². The molecule has 4 rings (SSSR count). The molecule has 2 N–H and O–H groups in total. The minimum atomic E-state index is -0.871. The SMILES string of the molecule is O=C(NC1CNCCC1c1ccc(F)c(F)c1)c1ccc2c(c1)OCCCO2. The van der Waals surface area contributed by atoms with Crippen molar-refractivity contribution in [2.75, 3.05) is 26.3 Å². The molecule has 2 aliphatic rings. The zero-order chi connectivity index (χ0) is 19.5. The number of carbonyl (C=O) groups excluding carboxylic acids is 1.